The Kier molecular flexibility index (Phi) is 10.5. The maximum Gasteiger partial charge on any atom is 0.422 e. The van der Waals surface area contributed by atoms with Gasteiger partial charge in [-0.15, -0.1) is 24.0 Å². The molecule has 0 bridgehead atoms. The molecule has 2 aromatic rings. The first-order chi connectivity index (χ1) is 13.8. The summed E-state index contributed by atoms with van der Waals surface area (Å²) in [5.41, 5.74) is 1.73. The van der Waals surface area contributed by atoms with Gasteiger partial charge in [-0.3, -0.25) is 4.99 Å². The van der Waals surface area contributed by atoms with E-state index in [2.05, 4.69) is 25.3 Å². The Bertz CT molecular complexity index is 818. The second-order valence-corrected chi connectivity index (χ2v) is 5.88. The molecule has 11 heteroatoms. The SMILES string of the molecule is CN=C(NCc1ccc(OCC(F)(F)F)nc1)NCc1ccc(OC)c(OC)c1.I. The van der Waals surface area contributed by atoms with Crippen molar-refractivity contribution in [1.82, 2.24) is 15.6 Å². The highest BCUT2D eigenvalue weighted by atomic mass is 127. The van der Waals surface area contributed by atoms with Crippen molar-refractivity contribution in [3.63, 3.8) is 0 Å². The molecule has 7 nitrogen and oxygen atoms in total. The van der Waals surface area contributed by atoms with E-state index in [-0.39, 0.29) is 29.9 Å². The molecule has 0 amide bonds. The van der Waals surface area contributed by atoms with Crippen LogP contribution in [0.4, 0.5) is 13.2 Å². The summed E-state index contributed by atoms with van der Waals surface area (Å²) in [6.45, 7) is -0.481. The fraction of sp³-hybridized carbons (Fsp3) is 0.368. The number of aromatic nitrogens is 1. The second kappa shape index (κ2) is 12.3. The molecule has 0 saturated heterocycles. The van der Waals surface area contributed by atoms with Gasteiger partial charge in [0.1, 0.15) is 0 Å². The molecular formula is C19H24F3IN4O3. The third-order valence-corrected chi connectivity index (χ3v) is 3.77. The molecule has 1 heterocycles. The third-order valence-electron chi connectivity index (χ3n) is 3.77. The van der Waals surface area contributed by atoms with Crippen LogP contribution in [-0.4, -0.2) is 45.0 Å². The molecule has 1 aromatic heterocycles. The van der Waals surface area contributed by atoms with Crippen LogP contribution in [0.25, 0.3) is 0 Å². The molecule has 0 aliphatic heterocycles. The number of ether oxygens (including phenoxy) is 3. The first kappa shape index (κ1) is 25.6. The number of guanidine groups is 1. The monoisotopic (exact) mass is 540 g/mol. The number of halogens is 4. The van der Waals surface area contributed by atoms with Gasteiger partial charge in [0.25, 0.3) is 0 Å². The zero-order chi connectivity index (χ0) is 21.3. The molecule has 0 unspecified atom stereocenters. The molecule has 0 radical (unpaired) electrons. The highest BCUT2D eigenvalue weighted by Crippen LogP contribution is 2.27. The summed E-state index contributed by atoms with van der Waals surface area (Å²) >= 11 is 0. The number of alkyl halides is 3. The number of methoxy groups -OCH3 is 2. The van der Waals surface area contributed by atoms with E-state index in [0.717, 1.165) is 11.1 Å². The van der Waals surface area contributed by atoms with Crippen LogP contribution in [0.2, 0.25) is 0 Å². The van der Waals surface area contributed by atoms with Crippen LogP contribution in [0.5, 0.6) is 17.4 Å². The number of hydrogen-bond acceptors (Lipinski definition) is 5. The highest BCUT2D eigenvalue weighted by Gasteiger charge is 2.28. The van der Waals surface area contributed by atoms with Crippen LogP contribution in [0, 0.1) is 0 Å². The Hall–Kier alpha value is -2.44. The van der Waals surface area contributed by atoms with E-state index in [4.69, 9.17) is 9.47 Å². The van der Waals surface area contributed by atoms with Crippen molar-refractivity contribution in [2.24, 2.45) is 4.99 Å². The molecule has 0 atom stereocenters. The van der Waals surface area contributed by atoms with Crippen molar-refractivity contribution < 1.29 is 27.4 Å². The first-order valence-electron chi connectivity index (χ1n) is 8.64. The predicted octanol–water partition coefficient (Wildman–Crippen LogP) is 3.52. The Morgan fingerprint density at radius 1 is 1.00 bits per heavy atom. The lowest BCUT2D eigenvalue weighted by atomic mass is 10.2. The Morgan fingerprint density at radius 3 is 2.17 bits per heavy atom. The number of nitrogens with one attached hydrogen (secondary N) is 2. The summed E-state index contributed by atoms with van der Waals surface area (Å²) in [6, 6.07) is 8.62. The van der Waals surface area contributed by atoms with Crippen molar-refractivity contribution >= 4 is 29.9 Å². The molecular weight excluding hydrogens is 516 g/mol. The van der Waals surface area contributed by atoms with E-state index < -0.39 is 12.8 Å². The van der Waals surface area contributed by atoms with Crippen LogP contribution in [-0.2, 0) is 13.1 Å². The van der Waals surface area contributed by atoms with Crippen molar-refractivity contribution in [1.29, 1.82) is 0 Å². The summed E-state index contributed by atoms with van der Waals surface area (Å²) in [7, 11) is 4.78. The van der Waals surface area contributed by atoms with Crippen LogP contribution in [0.15, 0.2) is 41.5 Å². The lowest BCUT2D eigenvalue weighted by molar-refractivity contribution is -0.154. The summed E-state index contributed by atoms with van der Waals surface area (Å²) in [4.78, 5) is 8.00. The zero-order valence-electron chi connectivity index (χ0n) is 16.7. The average molecular weight is 540 g/mol. The van der Waals surface area contributed by atoms with Crippen LogP contribution in [0.3, 0.4) is 0 Å². The summed E-state index contributed by atoms with van der Waals surface area (Å²) in [6.07, 6.45) is -2.95. The Morgan fingerprint density at radius 2 is 1.63 bits per heavy atom. The third kappa shape index (κ3) is 8.51. The quantitative estimate of drug-likeness (QED) is 0.303. The molecule has 30 heavy (non-hydrogen) atoms. The average Bonchev–Trinajstić information content (AvgIpc) is 2.72. The lowest BCUT2D eigenvalue weighted by Gasteiger charge is -2.14. The molecule has 0 spiro atoms. The summed E-state index contributed by atoms with van der Waals surface area (Å²) in [5.74, 6) is 1.75. The van der Waals surface area contributed by atoms with Gasteiger partial charge in [-0.25, -0.2) is 4.98 Å². The van der Waals surface area contributed by atoms with Crippen molar-refractivity contribution in [2.75, 3.05) is 27.9 Å². The van der Waals surface area contributed by atoms with E-state index in [1.165, 1.54) is 12.3 Å². The van der Waals surface area contributed by atoms with Gasteiger partial charge in [-0.2, -0.15) is 13.2 Å². The normalized spacial score (nSPS) is 11.3. The van der Waals surface area contributed by atoms with Gasteiger partial charge in [-0.05, 0) is 23.3 Å². The van der Waals surface area contributed by atoms with Crippen LogP contribution in [0.1, 0.15) is 11.1 Å². The van der Waals surface area contributed by atoms with Gasteiger partial charge in [0.05, 0.1) is 14.2 Å². The van der Waals surface area contributed by atoms with Gasteiger partial charge in [0, 0.05) is 32.4 Å². The maximum absolute atomic E-state index is 12.1. The van der Waals surface area contributed by atoms with Crippen molar-refractivity contribution in [2.45, 2.75) is 19.3 Å². The standard InChI is InChI=1S/C19H23F3N4O3.HI/c1-23-18(25-9-13-4-6-15(27-2)16(8-13)28-3)26-11-14-5-7-17(24-10-14)29-12-19(20,21)22;/h4-8,10H,9,11-12H2,1-3H3,(H2,23,25,26);1H. The molecule has 0 fully saturated rings. The fourth-order valence-electron chi connectivity index (χ4n) is 2.34. The molecule has 2 N–H and O–H groups in total. The Balaban J connectivity index is 0.00000450. The van der Waals surface area contributed by atoms with Gasteiger partial charge in [0.2, 0.25) is 5.88 Å². The minimum atomic E-state index is -4.39. The van der Waals surface area contributed by atoms with Gasteiger partial charge in [-0.1, -0.05) is 12.1 Å². The van der Waals surface area contributed by atoms with E-state index in [9.17, 15) is 13.2 Å². The minimum Gasteiger partial charge on any atom is -0.493 e. The summed E-state index contributed by atoms with van der Waals surface area (Å²) in [5, 5.41) is 6.27. The van der Waals surface area contributed by atoms with Crippen LogP contribution >= 0.6 is 24.0 Å². The molecule has 0 aliphatic carbocycles. The van der Waals surface area contributed by atoms with Crippen molar-refractivity contribution in [3.8, 4) is 17.4 Å². The predicted molar refractivity (Wildman–Crippen MR) is 118 cm³/mol. The molecule has 2 rings (SSSR count). The number of nitrogens with zero attached hydrogens (tertiary/aromatic N) is 2. The van der Waals surface area contributed by atoms with Gasteiger partial charge in [0.15, 0.2) is 24.1 Å². The number of benzene rings is 1. The van der Waals surface area contributed by atoms with E-state index in [1.807, 2.05) is 18.2 Å². The summed E-state index contributed by atoms with van der Waals surface area (Å²) < 4.78 is 51.5. The highest BCUT2D eigenvalue weighted by molar-refractivity contribution is 14.0. The molecule has 0 aliphatic rings. The van der Waals surface area contributed by atoms with Crippen molar-refractivity contribution in [3.05, 3.63) is 47.7 Å². The van der Waals surface area contributed by atoms with Gasteiger partial charge >= 0.3 is 6.18 Å². The number of hydrogen-bond donors (Lipinski definition) is 2. The van der Waals surface area contributed by atoms with Crippen LogP contribution < -0.4 is 24.8 Å². The van der Waals surface area contributed by atoms with E-state index in [1.54, 1.807) is 27.3 Å². The Labute approximate surface area is 190 Å². The van der Waals surface area contributed by atoms with E-state index >= 15 is 0 Å². The topological polar surface area (TPSA) is 77.0 Å². The maximum atomic E-state index is 12.1. The molecule has 0 saturated carbocycles. The lowest BCUT2D eigenvalue weighted by Crippen LogP contribution is -2.36. The van der Waals surface area contributed by atoms with Gasteiger partial charge < -0.3 is 24.8 Å². The molecule has 1 aromatic carbocycles. The first-order valence-corrected chi connectivity index (χ1v) is 8.64. The number of pyridine rings is 1. The number of rotatable bonds is 8. The second-order valence-electron chi connectivity index (χ2n) is 5.88. The fourth-order valence-corrected chi connectivity index (χ4v) is 2.34. The smallest absolute Gasteiger partial charge is 0.422 e. The minimum absolute atomic E-state index is 0. The molecule has 166 valence electrons. The zero-order valence-corrected chi connectivity index (χ0v) is 19.1. The van der Waals surface area contributed by atoms with E-state index in [0.29, 0.717) is 30.5 Å². The largest absolute Gasteiger partial charge is 0.493 e. The number of aliphatic imine (C=N–C) groups is 1.